The maximum absolute atomic E-state index is 14.8. The molecule has 5 rings (SSSR count). The van der Waals surface area contributed by atoms with Crippen LogP contribution in [0.5, 0.6) is 11.5 Å². The Bertz CT molecular complexity index is 3250. The molecular weight excluding hydrogens is 1380 g/mol. The third kappa shape index (κ3) is 31.8. The van der Waals surface area contributed by atoms with E-state index in [1.165, 1.54) is 81.1 Å². The third-order valence-corrected chi connectivity index (χ3v) is 18.9. The number of aliphatic hydroxyl groups excluding tert-OH is 2. The highest BCUT2D eigenvalue weighted by Crippen LogP contribution is 2.23. The van der Waals surface area contributed by atoms with Crippen LogP contribution < -0.4 is 64.1 Å². The number of phenolic OH excluding ortho intramolecular Hbond substituents is 1. The first-order valence-electron chi connectivity index (χ1n) is 37.2. The molecule has 32 nitrogen and oxygen atoms in total. The highest BCUT2D eigenvalue weighted by molar-refractivity contribution is 5.99. The van der Waals surface area contributed by atoms with Crippen LogP contribution in [0.15, 0.2) is 48.5 Å². The molecule has 106 heavy (non-hydrogen) atoms. The number of hydrogen-bond acceptors (Lipinski definition) is 19. The quantitative estimate of drug-likeness (QED) is 0.0198. The Morgan fingerprint density at radius 1 is 0.594 bits per heavy atom. The smallest absolute Gasteiger partial charge is 0.334 e. The molecule has 3 heterocycles. The van der Waals surface area contributed by atoms with Gasteiger partial charge >= 0.3 is 17.9 Å². The summed E-state index contributed by atoms with van der Waals surface area (Å²) in [4.78, 5) is 195. The third-order valence-electron chi connectivity index (χ3n) is 18.9. The molecule has 0 radical (unpaired) electrons. The van der Waals surface area contributed by atoms with Crippen LogP contribution in [-0.4, -0.2) is 199 Å². The van der Waals surface area contributed by atoms with Gasteiger partial charge < -0.3 is 94.5 Å². The molecule has 590 valence electrons. The first kappa shape index (κ1) is 89.1. The Morgan fingerprint density at radius 2 is 1.14 bits per heavy atom. The highest BCUT2D eigenvalue weighted by atomic mass is 16.5. The topological polar surface area (TPSA) is 513 Å². The molecule has 1 saturated heterocycles. The zero-order valence-corrected chi connectivity index (χ0v) is 62.0. The number of primary amides is 1. The number of ether oxygens (including phenoxy) is 1. The number of aliphatic carboxylic acids is 2. The lowest BCUT2D eigenvalue weighted by Gasteiger charge is -2.31. The Kier molecular flexibility index (Phi) is 39.2. The van der Waals surface area contributed by atoms with Gasteiger partial charge in [0.25, 0.3) is 0 Å². The van der Waals surface area contributed by atoms with Gasteiger partial charge in [-0.1, -0.05) is 130 Å². The van der Waals surface area contributed by atoms with E-state index in [0.717, 1.165) is 43.9 Å². The zero-order valence-electron chi connectivity index (χ0n) is 62.0. The van der Waals surface area contributed by atoms with Crippen molar-refractivity contribution in [1.29, 1.82) is 0 Å². The van der Waals surface area contributed by atoms with Crippen LogP contribution in [0.2, 0.25) is 0 Å². The van der Waals surface area contributed by atoms with Crippen molar-refractivity contribution in [2.75, 3.05) is 13.1 Å². The minimum Gasteiger partial charge on any atom is -0.508 e. The number of carbonyl (C=O) groups is 14. The monoisotopic (exact) mass is 1490 g/mol. The fourth-order valence-electron chi connectivity index (χ4n) is 12.4. The van der Waals surface area contributed by atoms with Crippen molar-refractivity contribution in [3.63, 3.8) is 0 Å². The van der Waals surface area contributed by atoms with Crippen molar-refractivity contribution >= 4 is 82.9 Å². The standard InChI is InChI=1S/C74H114N12O20/c1-7-44(5)63-74(105)106-50-30-26-47(27-31-50)41-57(82-65(96)52(22-18-38-75)79-66(97)53(33-36-61(92)93)77-60(91)42-49(89)21-17-15-13-11-9-10-12-14-16-20-43(3)4)70(101)85-64(45(6)87)72(103)81-55(34-37-62(94)95)67(98)78-51(8-2)73(104)86-39-19-23-58(86)71(102)80-54(32-35-59(76)90)68(99)83-56(69(100)84-63)40-46-24-28-48(88)29-25-46/h24-31,43-45,49,51-58,63-64,87-89H,7-23,32-42,75H2,1-6H3,(H2,76,90)(H,77,91)(H,78,98)(H,79,97)(H,80,102)(H,81,103)(H,82,96)(H,83,99)(H,84,100)(H,85,101)(H,92,93)(H,94,95)/t44-,45+,49?,51+,52+,53-,54-,55-,56+,57-,58-,63-,64+/m0/s1. The van der Waals surface area contributed by atoms with Gasteiger partial charge in [0.05, 0.1) is 18.6 Å². The van der Waals surface area contributed by atoms with Crippen molar-refractivity contribution in [3.8, 4) is 11.5 Å². The molecular formula is C74H114N12O20. The van der Waals surface area contributed by atoms with Gasteiger partial charge in [0.15, 0.2) is 0 Å². The minimum atomic E-state index is -1.98. The van der Waals surface area contributed by atoms with Crippen molar-refractivity contribution in [3.05, 3.63) is 59.7 Å². The van der Waals surface area contributed by atoms with Gasteiger partial charge in [0, 0.05) is 38.6 Å². The van der Waals surface area contributed by atoms with Crippen LogP contribution in [0, 0.1) is 11.8 Å². The summed E-state index contributed by atoms with van der Waals surface area (Å²) in [7, 11) is 0. The first-order chi connectivity index (χ1) is 50.3. The normalized spacial score (nSPS) is 21.8. The lowest BCUT2D eigenvalue weighted by molar-refractivity contribution is -0.143. The lowest BCUT2D eigenvalue weighted by Crippen LogP contribution is -2.62. The number of carboxylic acids is 2. The van der Waals surface area contributed by atoms with Gasteiger partial charge in [-0.25, -0.2) is 4.79 Å². The predicted octanol–water partition coefficient (Wildman–Crippen LogP) is 1.72. The molecule has 3 aliphatic rings. The maximum Gasteiger partial charge on any atom is 0.334 e. The number of nitrogens with zero attached hydrogens (tertiary/aromatic N) is 1. The fourth-order valence-corrected chi connectivity index (χ4v) is 12.4. The summed E-state index contributed by atoms with van der Waals surface area (Å²) in [5.74, 6) is -14.6. The van der Waals surface area contributed by atoms with E-state index in [1.807, 2.05) is 0 Å². The predicted molar refractivity (Wildman–Crippen MR) is 388 cm³/mol. The number of rotatable bonds is 37. The lowest BCUT2D eigenvalue weighted by atomic mass is 9.97. The molecule has 1 fully saturated rings. The molecule has 2 aromatic rings. The number of nitrogens with one attached hydrogen (secondary N) is 9. The van der Waals surface area contributed by atoms with Crippen LogP contribution >= 0.6 is 0 Å². The summed E-state index contributed by atoms with van der Waals surface area (Å²) in [6, 6.07) is -4.81. The Morgan fingerprint density at radius 3 is 1.71 bits per heavy atom. The van der Waals surface area contributed by atoms with E-state index in [-0.39, 0.29) is 68.7 Å². The number of fused-ring (bicyclic) bond motifs is 23. The van der Waals surface area contributed by atoms with Crippen LogP contribution in [0.4, 0.5) is 0 Å². The Balaban J connectivity index is 1.75. The summed E-state index contributed by atoms with van der Waals surface area (Å²) >= 11 is 0. The van der Waals surface area contributed by atoms with Crippen molar-refractivity contribution in [2.45, 2.75) is 281 Å². The maximum atomic E-state index is 14.8. The first-order valence-corrected chi connectivity index (χ1v) is 37.2. The van der Waals surface area contributed by atoms with Crippen molar-refractivity contribution in [1.82, 2.24) is 52.8 Å². The molecule has 2 aromatic carbocycles. The number of nitrogens with two attached hydrogens (primary N) is 2. The molecule has 11 amide bonds. The molecule has 0 saturated carbocycles. The summed E-state index contributed by atoms with van der Waals surface area (Å²) in [5.41, 5.74) is 12.1. The second kappa shape index (κ2) is 46.6. The summed E-state index contributed by atoms with van der Waals surface area (Å²) in [6.45, 7) is 10.4. The number of hydrogen-bond donors (Lipinski definition) is 16. The van der Waals surface area contributed by atoms with E-state index in [0.29, 0.717) is 30.7 Å². The second-order valence-corrected chi connectivity index (χ2v) is 28.1. The Hall–Kier alpha value is -9.30. The number of phenols is 1. The van der Waals surface area contributed by atoms with Crippen molar-refractivity contribution < 1.29 is 97.4 Å². The molecule has 2 bridgehead atoms. The fraction of sp³-hybridized carbons (Fsp3) is 0.649. The Labute approximate surface area is 619 Å². The van der Waals surface area contributed by atoms with Crippen LogP contribution in [0.1, 0.15) is 207 Å². The second-order valence-electron chi connectivity index (χ2n) is 28.1. The average Bonchev–Trinajstić information content (AvgIpc) is 1.62. The molecule has 0 aliphatic carbocycles. The van der Waals surface area contributed by atoms with Gasteiger partial charge in [0.2, 0.25) is 65.0 Å². The summed E-state index contributed by atoms with van der Waals surface area (Å²) < 4.78 is 5.83. The average molecular weight is 1490 g/mol. The number of esters is 1. The number of carbonyl (C=O) groups excluding carboxylic acids is 12. The molecule has 18 N–H and O–H groups in total. The van der Waals surface area contributed by atoms with E-state index in [4.69, 9.17) is 16.2 Å². The number of unbranched alkanes of at least 4 members (excludes halogenated alkanes) is 8. The van der Waals surface area contributed by atoms with Crippen LogP contribution in [0.25, 0.3) is 0 Å². The van der Waals surface area contributed by atoms with E-state index >= 15 is 0 Å². The molecule has 32 heteroatoms. The van der Waals surface area contributed by atoms with Gasteiger partial charge in [0.1, 0.15) is 71.9 Å². The van der Waals surface area contributed by atoms with Gasteiger partial charge in [-0.3, -0.25) is 62.3 Å². The van der Waals surface area contributed by atoms with E-state index in [1.54, 1.807) is 13.8 Å². The number of aliphatic hydroxyl groups is 2. The van der Waals surface area contributed by atoms with Gasteiger partial charge in [-0.15, -0.1) is 0 Å². The number of benzene rings is 2. The van der Waals surface area contributed by atoms with E-state index in [9.17, 15) is 92.7 Å². The van der Waals surface area contributed by atoms with E-state index in [2.05, 4.69) is 61.7 Å². The number of aromatic hydroxyl groups is 1. The number of carboxylic acid groups (broad SMARTS) is 2. The molecule has 1 unspecified atom stereocenters. The molecule has 13 atom stereocenters. The summed E-state index contributed by atoms with van der Waals surface area (Å²) in [5, 5.41) is 74.4. The molecule has 0 aromatic heterocycles. The van der Waals surface area contributed by atoms with Crippen LogP contribution in [-0.2, 0) is 80.0 Å². The minimum absolute atomic E-state index is 0.0226. The molecule has 0 spiro atoms. The molecule has 3 aliphatic heterocycles. The van der Waals surface area contributed by atoms with Gasteiger partial charge in [-0.2, -0.15) is 0 Å². The largest absolute Gasteiger partial charge is 0.508 e. The van der Waals surface area contributed by atoms with Crippen LogP contribution in [0.3, 0.4) is 0 Å². The number of amides is 11. The summed E-state index contributed by atoms with van der Waals surface area (Å²) in [6.07, 6.45) is 3.96. The highest BCUT2D eigenvalue weighted by Gasteiger charge is 2.42. The SMILES string of the molecule is CC[C@H]1NC(=O)[C@H](CCC(=O)O)NC(=O)[C@@H]([C@@H](C)O)NC(=O)[C@@H](NC(=O)[C@@H](CCCN)NC(=O)[C@H](CCC(=O)O)NC(=O)CC(O)CCCCCCCCCCCC(C)C)Cc2ccc(cc2)OC(=O)[C@H]([C@@H](C)CC)NC(=O)[C@@H](Cc2ccc(O)cc2)NC(=O)[C@H](CCC(N)=O)NC(=O)[C@@H]2CCCN2C1=O. The zero-order chi connectivity index (χ0) is 78.6. The van der Waals surface area contributed by atoms with Gasteiger partial charge in [-0.05, 0) is 118 Å². The van der Waals surface area contributed by atoms with Crippen molar-refractivity contribution in [2.24, 2.45) is 23.3 Å². The van der Waals surface area contributed by atoms with E-state index < -0.39 is 213 Å².